The van der Waals surface area contributed by atoms with Crippen molar-refractivity contribution in [3.05, 3.63) is 39.5 Å². The van der Waals surface area contributed by atoms with Gasteiger partial charge in [-0.15, -0.1) is 0 Å². The number of rotatable bonds is 2. The van der Waals surface area contributed by atoms with E-state index in [2.05, 4.69) is 20.9 Å². The molecule has 0 unspecified atom stereocenters. The molecule has 80 valence electrons. The molecule has 2 N–H and O–H groups in total. The number of halogens is 2. The highest BCUT2D eigenvalue weighted by atomic mass is 79.9. The van der Waals surface area contributed by atoms with Crippen molar-refractivity contribution in [3.63, 3.8) is 0 Å². The number of hydrogen-bond acceptors (Lipinski definition) is 2. The maximum Gasteiger partial charge on any atom is 0.0802 e. The summed E-state index contributed by atoms with van der Waals surface area (Å²) in [5, 5.41) is 0.512. The van der Waals surface area contributed by atoms with E-state index in [1.54, 1.807) is 6.92 Å². The van der Waals surface area contributed by atoms with Crippen molar-refractivity contribution in [3.8, 4) is 0 Å². The van der Waals surface area contributed by atoms with Crippen LogP contribution < -0.4 is 5.73 Å². The van der Waals surface area contributed by atoms with E-state index >= 15 is 0 Å². The molecule has 0 saturated heterocycles. The van der Waals surface area contributed by atoms with Gasteiger partial charge in [-0.2, -0.15) is 0 Å². The SMILES string of the molecule is CC(=Nc1ccc(Br)cc1)/C(Cl)=C(/C)N. The Kier molecular flexibility index (Phi) is 4.36. The van der Waals surface area contributed by atoms with Crippen LogP contribution >= 0.6 is 27.5 Å². The van der Waals surface area contributed by atoms with E-state index in [-0.39, 0.29) is 0 Å². The Morgan fingerprint density at radius 1 is 1.27 bits per heavy atom. The molecule has 0 aliphatic heterocycles. The smallest absolute Gasteiger partial charge is 0.0802 e. The Morgan fingerprint density at radius 3 is 2.27 bits per heavy atom. The van der Waals surface area contributed by atoms with Gasteiger partial charge in [-0.3, -0.25) is 4.99 Å². The molecule has 4 heteroatoms. The molecule has 1 rings (SSSR count). The maximum absolute atomic E-state index is 5.96. The van der Waals surface area contributed by atoms with Crippen molar-refractivity contribution in [1.82, 2.24) is 0 Å². The summed E-state index contributed by atoms with van der Waals surface area (Å²) in [4.78, 5) is 4.35. The van der Waals surface area contributed by atoms with E-state index in [1.807, 2.05) is 31.2 Å². The fourth-order valence-corrected chi connectivity index (χ4v) is 1.35. The average molecular weight is 288 g/mol. The lowest BCUT2D eigenvalue weighted by Gasteiger charge is -2.01. The normalized spacial score (nSPS) is 13.7. The lowest BCUT2D eigenvalue weighted by molar-refractivity contribution is 1.30. The maximum atomic E-state index is 5.96. The van der Waals surface area contributed by atoms with E-state index < -0.39 is 0 Å². The molecule has 0 radical (unpaired) electrons. The molecule has 0 spiro atoms. The first-order valence-corrected chi connectivity index (χ1v) is 5.61. The minimum Gasteiger partial charge on any atom is -0.401 e. The zero-order valence-electron chi connectivity index (χ0n) is 8.59. The standard InChI is InChI=1S/C11H12BrClN2/c1-7(14)11(13)8(2)15-10-5-3-9(12)4-6-10/h3-6H,14H2,1-2H3/b11-7+,15-8?. The van der Waals surface area contributed by atoms with Gasteiger partial charge in [0.25, 0.3) is 0 Å². The Morgan fingerprint density at radius 2 is 1.80 bits per heavy atom. The summed E-state index contributed by atoms with van der Waals surface area (Å²) >= 11 is 9.32. The molecule has 2 nitrogen and oxygen atoms in total. The number of nitrogens with zero attached hydrogens (tertiary/aromatic N) is 1. The predicted molar refractivity (Wildman–Crippen MR) is 69.7 cm³/mol. The molecule has 1 aromatic carbocycles. The number of allylic oxidation sites excluding steroid dienone is 2. The lowest BCUT2D eigenvalue weighted by Crippen LogP contribution is -2.00. The highest BCUT2D eigenvalue weighted by Crippen LogP contribution is 2.19. The number of benzene rings is 1. The van der Waals surface area contributed by atoms with Crippen LogP contribution in [0.25, 0.3) is 0 Å². The molecule has 1 aromatic rings. The summed E-state index contributed by atoms with van der Waals surface area (Å²) in [7, 11) is 0. The van der Waals surface area contributed by atoms with Crippen LogP contribution in [-0.2, 0) is 0 Å². The van der Waals surface area contributed by atoms with Crippen LogP contribution in [0.2, 0.25) is 0 Å². The predicted octanol–water partition coefficient (Wildman–Crippen LogP) is 3.97. The zero-order chi connectivity index (χ0) is 11.4. The van der Waals surface area contributed by atoms with E-state index in [9.17, 15) is 0 Å². The molecule has 0 saturated carbocycles. The molecule has 0 aromatic heterocycles. The molecule has 15 heavy (non-hydrogen) atoms. The van der Waals surface area contributed by atoms with Crippen molar-refractivity contribution in [1.29, 1.82) is 0 Å². The van der Waals surface area contributed by atoms with Crippen molar-refractivity contribution in [2.75, 3.05) is 0 Å². The summed E-state index contributed by atoms with van der Waals surface area (Å²) in [6.45, 7) is 3.59. The van der Waals surface area contributed by atoms with Crippen molar-refractivity contribution in [2.45, 2.75) is 13.8 Å². The molecule has 0 aliphatic carbocycles. The molecular weight excluding hydrogens is 275 g/mol. The second-order valence-electron chi connectivity index (χ2n) is 3.17. The Hall–Kier alpha value is -0.800. The first kappa shape index (κ1) is 12.3. The van der Waals surface area contributed by atoms with Gasteiger partial charge in [-0.25, -0.2) is 0 Å². The zero-order valence-corrected chi connectivity index (χ0v) is 10.9. The summed E-state index contributed by atoms with van der Waals surface area (Å²) in [6, 6.07) is 7.67. The number of hydrogen-bond donors (Lipinski definition) is 1. The van der Waals surface area contributed by atoms with E-state index in [0.717, 1.165) is 15.9 Å². The summed E-state index contributed by atoms with van der Waals surface area (Å²) in [5.74, 6) is 0. The molecule has 0 atom stereocenters. The molecule has 0 bridgehead atoms. The van der Waals surface area contributed by atoms with Gasteiger partial charge in [0.1, 0.15) is 0 Å². The van der Waals surface area contributed by atoms with Crippen LogP contribution in [0.1, 0.15) is 13.8 Å². The van der Waals surface area contributed by atoms with Crippen molar-refractivity contribution < 1.29 is 0 Å². The largest absolute Gasteiger partial charge is 0.401 e. The van der Waals surface area contributed by atoms with E-state index in [4.69, 9.17) is 17.3 Å². The van der Waals surface area contributed by atoms with Crippen LogP contribution in [0.15, 0.2) is 44.5 Å². The fourth-order valence-electron chi connectivity index (χ4n) is 1.04. The second-order valence-corrected chi connectivity index (χ2v) is 4.46. The third-order valence-corrected chi connectivity index (χ3v) is 2.89. The molecule has 0 amide bonds. The molecular formula is C11H12BrClN2. The Labute approximate surface area is 103 Å². The first-order valence-electron chi connectivity index (χ1n) is 4.44. The average Bonchev–Trinajstić information content (AvgIpc) is 2.20. The topological polar surface area (TPSA) is 38.4 Å². The van der Waals surface area contributed by atoms with Gasteiger partial charge in [-0.1, -0.05) is 27.5 Å². The van der Waals surface area contributed by atoms with E-state index in [0.29, 0.717) is 10.7 Å². The first-order chi connectivity index (χ1) is 7.00. The van der Waals surface area contributed by atoms with Gasteiger partial charge in [0.2, 0.25) is 0 Å². The van der Waals surface area contributed by atoms with Gasteiger partial charge in [0, 0.05) is 10.2 Å². The monoisotopic (exact) mass is 286 g/mol. The van der Waals surface area contributed by atoms with Gasteiger partial charge in [-0.05, 0) is 38.1 Å². The van der Waals surface area contributed by atoms with Crippen LogP contribution in [0.3, 0.4) is 0 Å². The third kappa shape index (κ3) is 3.68. The summed E-state index contributed by atoms with van der Waals surface area (Å²) in [6.07, 6.45) is 0. The molecule has 0 fully saturated rings. The van der Waals surface area contributed by atoms with Crippen molar-refractivity contribution >= 4 is 38.9 Å². The molecule has 0 heterocycles. The van der Waals surface area contributed by atoms with Gasteiger partial charge in [0.05, 0.1) is 16.4 Å². The van der Waals surface area contributed by atoms with E-state index in [1.165, 1.54) is 0 Å². The van der Waals surface area contributed by atoms with Gasteiger partial charge < -0.3 is 5.73 Å². The fraction of sp³-hybridized carbons (Fsp3) is 0.182. The minimum atomic E-state index is 0.512. The lowest BCUT2D eigenvalue weighted by atomic mass is 10.3. The number of aliphatic imine (C=N–C) groups is 1. The van der Waals surface area contributed by atoms with Crippen molar-refractivity contribution in [2.24, 2.45) is 10.7 Å². The second kappa shape index (κ2) is 5.33. The van der Waals surface area contributed by atoms with Gasteiger partial charge in [0.15, 0.2) is 0 Å². The highest BCUT2D eigenvalue weighted by molar-refractivity contribution is 9.10. The van der Waals surface area contributed by atoms with Crippen LogP contribution in [0.5, 0.6) is 0 Å². The third-order valence-electron chi connectivity index (χ3n) is 1.79. The van der Waals surface area contributed by atoms with Crippen LogP contribution in [-0.4, -0.2) is 5.71 Å². The highest BCUT2D eigenvalue weighted by Gasteiger charge is 2.00. The Bertz CT molecular complexity index is 403. The summed E-state index contributed by atoms with van der Waals surface area (Å²) < 4.78 is 1.02. The summed E-state index contributed by atoms with van der Waals surface area (Å²) in [5.41, 5.74) is 7.73. The quantitative estimate of drug-likeness (QED) is 0.821. The van der Waals surface area contributed by atoms with Gasteiger partial charge >= 0.3 is 0 Å². The Balaban J connectivity index is 2.98. The minimum absolute atomic E-state index is 0.512. The van der Waals surface area contributed by atoms with Crippen LogP contribution in [0, 0.1) is 0 Å². The van der Waals surface area contributed by atoms with Crippen LogP contribution in [0.4, 0.5) is 5.69 Å². The number of nitrogens with two attached hydrogens (primary N) is 1. The molecule has 0 aliphatic rings.